The summed E-state index contributed by atoms with van der Waals surface area (Å²) in [7, 11) is 0. The number of thiophene rings is 1. The van der Waals surface area contributed by atoms with Gasteiger partial charge in [0.25, 0.3) is 5.91 Å². The van der Waals surface area contributed by atoms with Crippen molar-refractivity contribution in [2.24, 2.45) is 5.73 Å². The molecule has 1 aliphatic heterocycles. The van der Waals surface area contributed by atoms with Crippen LogP contribution in [0, 0.1) is 6.92 Å². The topological polar surface area (TPSA) is 85.5 Å². The fraction of sp³-hybridized carbons (Fsp3) is 0.348. The summed E-state index contributed by atoms with van der Waals surface area (Å²) in [4.78, 5) is 32.3. The summed E-state index contributed by atoms with van der Waals surface area (Å²) in [5.41, 5.74) is 7.67. The smallest absolute Gasteiger partial charge is 0.259 e. The van der Waals surface area contributed by atoms with Crippen LogP contribution in [0.25, 0.3) is 10.2 Å². The quantitative estimate of drug-likeness (QED) is 0.585. The molecule has 2 N–H and O–H groups in total. The van der Waals surface area contributed by atoms with Crippen LogP contribution in [-0.2, 0) is 4.79 Å². The van der Waals surface area contributed by atoms with Crippen molar-refractivity contribution in [3.8, 4) is 5.75 Å². The number of rotatable bonds is 7. The van der Waals surface area contributed by atoms with E-state index in [1.54, 1.807) is 6.20 Å². The molecule has 0 radical (unpaired) electrons. The van der Waals surface area contributed by atoms with Gasteiger partial charge in [0.1, 0.15) is 10.6 Å². The van der Waals surface area contributed by atoms with Gasteiger partial charge in [0.2, 0.25) is 5.91 Å². The van der Waals surface area contributed by atoms with E-state index in [2.05, 4.69) is 4.98 Å². The van der Waals surface area contributed by atoms with Crippen LogP contribution in [0.15, 0.2) is 42.6 Å². The Morgan fingerprint density at radius 1 is 1.27 bits per heavy atom. The highest BCUT2D eigenvalue weighted by atomic mass is 32.1. The normalized spacial score (nSPS) is 16.2. The van der Waals surface area contributed by atoms with Crippen LogP contribution < -0.4 is 10.5 Å². The monoisotopic (exact) mass is 423 g/mol. The summed E-state index contributed by atoms with van der Waals surface area (Å²) >= 11 is 1.34. The molecule has 2 amide bonds. The first-order valence-electron chi connectivity index (χ1n) is 10.2. The van der Waals surface area contributed by atoms with Crippen LogP contribution in [-0.4, -0.2) is 41.4 Å². The molecule has 0 saturated carbocycles. The minimum absolute atomic E-state index is 0.109. The fourth-order valence-electron chi connectivity index (χ4n) is 4.04. The molecule has 0 unspecified atom stereocenters. The van der Waals surface area contributed by atoms with Gasteiger partial charge in [-0.3, -0.25) is 9.59 Å². The Morgan fingerprint density at radius 3 is 2.90 bits per heavy atom. The van der Waals surface area contributed by atoms with Crippen LogP contribution >= 0.6 is 11.3 Å². The molecule has 3 heterocycles. The highest BCUT2D eigenvalue weighted by Crippen LogP contribution is 2.39. The number of aryl methyl sites for hydroxylation is 1. The number of primary amides is 1. The van der Waals surface area contributed by atoms with Crippen molar-refractivity contribution in [1.29, 1.82) is 0 Å². The molecule has 156 valence electrons. The third kappa shape index (κ3) is 4.16. The Bertz CT molecular complexity index is 1080. The molecule has 1 atom stereocenters. The second kappa shape index (κ2) is 8.83. The zero-order valence-corrected chi connectivity index (χ0v) is 17.8. The number of hydrogen-bond acceptors (Lipinski definition) is 5. The predicted molar refractivity (Wildman–Crippen MR) is 118 cm³/mol. The lowest BCUT2D eigenvalue weighted by Gasteiger charge is -2.17. The summed E-state index contributed by atoms with van der Waals surface area (Å²) in [6.07, 6.45) is 3.67. The molecule has 0 spiro atoms. The Balaban J connectivity index is 1.36. The third-order valence-corrected chi connectivity index (χ3v) is 6.71. The van der Waals surface area contributed by atoms with Crippen LogP contribution in [0.5, 0.6) is 5.75 Å². The lowest BCUT2D eigenvalue weighted by molar-refractivity contribution is -0.130. The Morgan fingerprint density at radius 2 is 2.10 bits per heavy atom. The summed E-state index contributed by atoms with van der Waals surface area (Å²) < 4.78 is 5.79. The number of carbonyl (C=O) groups is 2. The molecule has 0 aliphatic carbocycles. The molecule has 3 aromatic rings. The molecule has 1 saturated heterocycles. The van der Waals surface area contributed by atoms with E-state index in [4.69, 9.17) is 10.5 Å². The highest BCUT2D eigenvalue weighted by molar-refractivity contribution is 7.20. The lowest BCUT2D eigenvalue weighted by atomic mass is 9.95. The molecular formula is C23H25N3O3S. The van der Waals surface area contributed by atoms with Gasteiger partial charge in [-0.2, -0.15) is 0 Å². The predicted octanol–water partition coefficient (Wildman–Crippen LogP) is 3.88. The number of nitrogens with two attached hydrogens (primary N) is 1. The number of nitrogens with zero attached hydrogens (tertiary/aromatic N) is 2. The molecule has 2 aromatic heterocycles. The van der Waals surface area contributed by atoms with E-state index >= 15 is 0 Å². The van der Waals surface area contributed by atoms with Gasteiger partial charge in [0, 0.05) is 37.0 Å². The van der Waals surface area contributed by atoms with Crippen LogP contribution in [0.3, 0.4) is 0 Å². The van der Waals surface area contributed by atoms with Gasteiger partial charge in [0.15, 0.2) is 0 Å². The van der Waals surface area contributed by atoms with Crippen molar-refractivity contribution in [2.45, 2.75) is 32.1 Å². The van der Waals surface area contributed by atoms with E-state index in [0.717, 1.165) is 33.5 Å². The van der Waals surface area contributed by atoms with Crippen molar-refractivity contribution >= 4 is 33.4 Å². The first kappa shape index (κ1) is 20.3. The van der Waals surface area contributed by atoms with Gasteiger partial charge in [-0.05, 0) is 43.0 Å². The Hall–Kier alpha value is -2.93. The Labute approximate surface area is 179 Å². The van der Waals surface area contributed by atoms with Gasteiger partial charge in [0.05, 0.1) is 11.5 Å². The van der Waals surface area contributed by atoms with E-state index in [-0.39, 0.29) is 11.8 Å². The van der Waals surface area contributed by atoms with Crippen LogP contribution in [0.4, 0.5) is 0 Å². The molecular weight excluding hydrogens is 398 g/mol. The van der Waals surface area contributed by atoms with E-state index < -0.39 is 5.91 Å². The molecule has 1 aliphatic rings. The zero-order chi connectivity index (χ0) is 21.1. The fourth-order valence-corrected chi connectivity index (χ4v) is 5.13. The van der Waals surface area contributed by atoms with Crippen molar-refractivity contribution in [2.75, 3.05) is 19.7 Å². The molecule has 4 rings (SSSR count). The van der Waals surface area contributed by atoms with E-state index in [1.165, 1.54) is 11.3 Å². The maximum atomic E-state index is 12.7. The van der Waals surface area contributed by atoms with E-state index in [0.29, 0.717) is 37.4 Å². The maximum Gasteiger partial charge on any atom is 0.259 e. The number of hydrogen-bond donors (Lipinski definition) is 1. The number of para-hydroxylation sites is 1. The number of benzene rings is 1. The van der Waals surface area contributed by atoms with Gasteiger partial charge in [-0.25, -0.2) is 4.98 Å². The SMILES string of the molecule is Cc1ccccc1OCCCC(=O)N1CC[C@H](c2c(C(N)=O)sc3ncccc23)C1. The first-order chi connectivity index (χ1) is 14.5. The highest BCUT2D eigenvalue weighted by Gasteiger charge is 2.32. The molecule has 1 fully saturated rings. The number of amides is 2. The Kier molecular flexibility index (Phi) is 5.99. The average Bonchev–Trinajstić information content (AvgIpc) is 3.37. The number of aromatic nitrogens is 1. The summed E-state index contributed by atoms with van der Waals surface area (Å²) in [5.74, 6) is 0.677. The minimum atomic E-state index is -0.425. The second-order valence-electron chi connectivity index (χ2n) is 7.61. The lowest BCUT2D eigenvalue weighted by Crippen LogP contribution is -2.28. The molecule has 6 nitrogen and oxygen atoms in total. The molecule has 0 bridgehead atoms. The van der Waals surface area contributed by atoms with Crippen LogP contribution in [0.2, 0.25) is 0 Å². The zero-order valence-electron chi connectivity index (χ0n) is 17.0. The molecule has 7 heteroatoms. The minimum Gasteiger partial charge on any atom is -0.493 e. The van der Waals surface area contributed by atoms with Gasteiger partial charge in [-0.15, -0.1) is 11.3 Å². The van der Waals surface area contributed by atoms with E-state index in [9.17, 15) is 9.59 Å². The number of ether oxygens (including phenoxy) is 1. The summed E-state index contributed by atoms with van der Waals surface area (Å²) in [6, 6.07) is 11.7. The third-order valence-electron chi connectivity index (χ3n) is 5.56. The van der Waals surface area contributed by atoms with Crippen molar-refractivity contribution in [3.63, 3.8) is 0 Å². The second-order valence-corrected chi connectivity index (χ2v) is 8.61. The number of likely N-dealkylation sites (tertiary alicyclic amines) is 1. The number of carbonyl (C=O) groups excluding carboxylic acids is 2. The van der Waals surface area contributed by atoms with Crippen molar-refractivity contribution < 1.29 is 14.3 Å². The standard InChI is InChI=1S/C23H25N3O3S/c1-15-6-2-3-8-18(15)29-13-5-9-19(27)26-12-10-16(14-26)20-17-7-4-11-25-23(17)30-21(20)22(24)28/h2-4,6-8,11,16H,5,9-10,12-14H2,1H3,(H2,24,28)/t16-/m0/s1. The van der Waals surface area contributed by atoms with Crippen molar-refractivity contribution in [1.82, 2.24) is 9.88 Å². The van der Waals surface area contributed by atoms with Gasteiger partial charge < -0.3 is 15.4 Å². The van der Waals surface area contributed by atoms with E-state index in [1.807, 2.05) is 48.2 Å². The van der Waals surface area contributed by atoms with Gasteiger partial charge >= 0.3 is 0 Å². The summed E-state index contributed by atoms with van der Waals surface area (Å²) in [5, 5.41) is 0.974. The number of fused-ring (bicyclic) bond motifs is 1. The average molecular weight is 424 g/mol. The van der Waals surface area contributed by atoms with Gasteiger partial charge in [-0.1, -0.05) is 24.3 Å². The first-order valence-corrected chi connectivity index (χ1v) is 11.0. The van der Waals surface area contributed by atoms with Crippen LogP contribution in [0.1, 0.15) is 46.0 Å². The largest absolute Gasteiger partial charge is 0.493 e. The molecule has 1 aromatic carbocycles. The number of pyridine rings is 1. The summed E-state index contributed by atoms with van der Waals surface area (Å²) in [6.45, 7) is 3.83. The molecule has 30 heavy (non-hydrogen) atoms. The maximum absolute atomic E-state index is 12.7. The van der Waals surface area contributed by atoms with Crippen molar-refractivity contribution in [3.05, 3.63) is 58.6 Å².